The fourth-order valence-corrected chi connectivity index (χ4v) is 12.4. The van der Waals surface area contributed by atoms with E-state index in [1.165, 1.54) is 4.90 Å². The molecule has 0 unspecified atom stereocenters. The van der Waals surface area contributed by atoms with Crippen molar-refractivity contribution in [2.75, 3.05) is 46.6 Å². The number of likely N-dealkylation sites (tertiary alicyclic amines) is 1. The molecule has 0 bridgehead atoms. The summed E-state index contributed by atoms with van der Waals surface area (Å²) >= 11 is 0. The fraction of sp³-hybridized carbons (Fsp3) is 0.618. The van der Waals surface area contributed by atoms with Gasteiger partial charge in [0, 0.05) is 24.4 Å². The molecule has 10 heteroatoms. The topological polar surface area (TPSA) is 107 Å². The summed E-state index contributed by atoms with van der Waals surface area (Å²) in [6, 6.07) is 15.8. The number of amides is 1. The van der Waals surface area contributed by atoms with Crippen molar-refractivity contribution in [1.29, 1.82) is 0 Å². The van der Waals surface area contributed by atoms with Crippen LogP contribution in [-0.4, -0.2) is 88.4 Å². The first kappa shape index (κ1) is 35.8. The van der Waals surface area contributed by atoms with E-state index in [9.17, 15) is 15.0 Å². The maximum absolute atomic E-state index is 12.2. The Morgan fingerprint density at radius 3 is 2.14 bits per heavy atom. The lowest BCUT2D eigenvalue weighted by Gasteiger charge is -2.50. The van der Waals surface area contributed by atoms with Crippen LogP contribution in [0.5, 0.6) is 11.5 Å². The summed E-state index contributed by atoms with van der Waals surface area (Å²) in [4.78, 5) is 13.6. The lowest BCUT2D eigenvalue weighted by atomic mass is 9.84. The van der Waals surface area contributed by atoms with E-state index in [0.717, 1.165) is 29.0 Å². The molecular formula is C34H53NO8Si. The SMILES string of the molecule is COc1ccccc1COCCCOc1ccc([C@@H]2[C@@H](OCCO)CN(C(=O)O)C[C@H]2O[Si](C(C)C)(C(C)C)C(C)C)cc1. The quantitative estimate of drug-likeness (QED) is 0.147. The summed E-state index contributed by atoms with van der Waals surface area (Å²) in [5, 5.41) is 19.5. The number of rotatable bonds is 17. The van der Waals surface area contributed by atoms with Gasteiger partial charge in [0.05, 0.1) is 58.9 Å². The number of carbonyl (C=O) groups is 1. The van der Waals surface area contributed by atoms with Gasteiger partial charge in [-0.05, 0) is 40.4 Å². The highest BCUT2D eigenvalue weighted by molar-refractivity contribution is 6.77. The Morgan fingerprint density at radius 1 is 0.909 bits per heavy atom. The second-order valence-corrected chi connectivity index (χ2v) is 17.9. The van der Waals surface area contributed by atoms with Crippen molar-refractivity contribution >= 4 is 14.4 Å². The van der Waals surface area contributed by atoms with Crippen molar-refractivity contribution in [2.24, 2.45) is 0 Å². The number of nitrogens with zero attached hydrogens (tertiary/aromatic N) is 1. The number of ether oxygens (including phenoxy) is 4. The first-order valence-electron chi connectivity index (χ1n) is 15.9. The standard InChI is InChI=1S/C34H53NO8Si/c1-24(2)44(25(3)4,26(5)6)43-32-22-35(34(37)38)21-31(42-20-17-36)33(32)27-13-15-29(16-14-27)41-19-10-18-40-23-28-11-8-9-12-30(28)39-7/h8-9,11-16,24-26,31-33,36H,10,17-23H2,1-7H3,(H,37,38)/t31-,32+,33+/m0/s1. The van der Waals surface area contributed by atoms with E-state index < -0.39 is 20.5 Å². The van der Waals surface area contributed by atoms with Crippen LogP contribution >= 0.6 is 0 Å². The van der Waals surface area contributed by atoms with Crippen LogP contribution in [0, 0.1) is 0 Å². The molecule has 2 aromatic rings. The maximum atomic E-state index is 12.2. The first-order chi connectivity index (χ1) is 21.0. The van der Waals surface area contributed by atoms with Crippen LogP contribution in [0.1, 0.15) is 65.0 Å². The van der Waals surface area contributed by atoms with Crippen LogP contribution in [0.2, 0.25) is 16.6 Å². The number of para-hydroxylation sites is 1. The summed E-state index contributed by atoms with van der Waals surface area (Å²) < 4.78 is 30.6. The third-order valence-electron chi connectivity index (χ3n) is 8.77. The molecule has 3 rings (SSSR count). The smallest absolute Gasteiger partial charge is 0.407 e. The number of methoxy groups -OCH3 is 1. The van der Waals surface area contributed by atoms with Gasteiger partial charge in [0.15, 0.2) is 0 Å². The Balaban J connectivity index is 1.73. The molecule has 0 radical (unpaired) electrons. The van der Waals surface area contributed by atoms with Crippen LogP contribution in [0.15, 0.2) is 48.5 Å². The van der Waals surface area contributed by atoms with Gasteiger partial charge in [-0.15, -0.1) is 0 Å². The molecule has 246 valence electrons. The molecule has 44 heavy (non-hydrogen) atoms. The zero-order valence-electron chi connectivity index (χ0n) is 27.5. The predicted molar refractivity (Wildman–Crippen MR) is 174 cm³/mol. The maximum Gasteiger partial charge on any atom is 0.407 e. The number of piperidine rings is 1. The fourth-order valence-electron chi connectivity index (χ4n) is 6.84. The van der Waals surface area contributed by atoms with Crippen LogP contribution in [0.3, 0.4) is 0 Å². The van der Waals surface area contributed by atoms with Gasteiger partial charge in [0.2, 0.25) is 8.32 Å². The molecule has 2 aromatic carbocycles. The average Bonchev–Trinajstić information content (AvgIpc) is 3.00. The van der Waals surface area contributed by atoms with E-state index in [2.05, 4.69) is 41.5 Å². The van der Waals surface area contributed by atoms with E-state index in [-0.39, 0.29) is 38.3 Å². The van der Waals surface area contributed by atoms with Crippen molar-refractivity contribution in [3.63, 3.8) is 0 Å². The third kappa shape index (κ3) is 8.97. The Hall–Kier alpha value is -2.63. The van der Waals surface area contributed by atoms with Crippen molar-refractivity contribution in [3.05, 3.63) is 59.7 Å². The number of hydrogen-bond donors (Lipinski definition) is 2. The van der Waals surface area contributed by atoms with Gasteiger partial charge < -0.3 is 38.5 Å². The zero-order valence-corrected chi connectivity index (χ0v) is 28.5. The van der Waals surface area contributed by atoms with Gasteiger partial charge in [-0.1, -0.05) is 71.9 Å². The van der Waals surface area contributed by atoms with Crippen molar-refractivity contribution in [1.82, 2.24) is 4.90 Å². The number of aliphatic hydroxyl groups is 1. The van der Waals surface area contributed by atoms with Crippen LogP contribution < -0.4 is 9.47 Å². The minimum Gasteiger partial charge on any atom is -0.496 e. The Kier molecular flexibility index (Phi) is 14.0. The minimum absolute atomic E-state index is 0.128. The zero-order chi connectivity index (χ0) is 32.3. The molecule has 9 nitrogen and oxygen atoms in total. The second kappa shape index (κ2) is 17.2. The van der Waals surface area contributed by atoms with Gasteiger partial charge in [-0.3, -0.25) is 0 Å². The van der Waals surface area contributed by atoms with Gasteiger partial charge in [-0.2, -0.15) is 0 Å². The molecule has 1 aliphatic heterocycles. The van der Waals surface area contributed by atoms with Gasteiger partial charge in [0.25, 0.3) is 0 Å². The second-order valence-electron chi connectivity index (χ2n) is 12.5. The Labute approximate surface area is 264 Å². The van der Waals surface area contributed by atoms with Crippen molar-refractivity contribution < 1.29 is 38.4 Å². The highest BCUT2D eigenvalue weighted by Crippen LogP contribution is 2.46. The number of aliphatic hydroxyl groups excluding tert-OH is 1. The average molecular weight is 632 g/mol. The number of hydrogen-bond acceptors (Lipinski definition) is 7. The molecule has 0 aromatic heterocycles. The molecule has 0 saturated carbocycles. The summed E-state index contributed by atoms with van der Waals surface area (Å²) in [6.45, 7) is 15.4. The highest BCUT2D eigenvalue weighted by Gasteiger charge is 2.50. The summed E-state index contributed by atoms with van der Waals surface area (Å²) in [5.41, 5.74) is 3.05. The largest absolute Gasteiger partial charge is 0.496 e. The summed E-state index contributed by atoms with van der Waals surface area (Å²) in [5.74, 6) is 1.37. The number of benzene rings is 2. The van der Waals surface area contributed by atoms with E-state index >= 15 is 0 Å². The molecule has 2 N–H and O–H groups in total. The molecule has 1 aliphatic rings. The van der Waals surface area contributed by atoms with E-state index in [4.69, 9.17) is 23.4 Å². The van der Waals surface area contributed by atoms with Crippen molar-refractivity contribution in [2.45, 2.75) is 89.3 Å². The summed E-state index contributed by atoms with van der Waals surface area (Å²) in [7, 11) is -0.693. The molecule has 1 heterocycles. The van der Waals surface area contributed by atoms with Crippen LogP contribution in [0.4, 0.5) is 4.79 Å². The van der Waals surface area contributed by atoms with Gasteiger partial charge in [0.1, 0.15) is 11.5 Å². The first-order valence-corrected chi connectivity index (χ1v) is 18.0. The Morgan fingerprint density at radius 2 is 1.55 bits per heavy atom. The Bertz CT molecular complexity index is 1120. The normalized spacial score (nSPS) is 19.2. The lowest BCUT2D eigenvalue weighted by molar-refractivity contribution is -0.0636. The molecule has 0 spiro atoms. The molecule has 3 atom stereocenters. The third-order valence-corrected chi connectivity index (χ3v) is 14.9. The highest BCUT2D eigenvalue weighted by atomic mass is 28.4. The van der Waals surface area contributed by atoms with Crippen LogP contribution in [0.25, 0.3) is 0 Å². The minimum atomic E-state index is -2.35. The van der Waals surface area contributed by atoms with E-state index in [1.807, 2.05) is 48.5 Å². The van der Waals surface area contributed by atoms with Crippen LogP contribution in [-0.2, 0) is 20.5 Å². The lowest BCUT2D eigenvalue weighted by Crippen LogP contribution is -2.59. The van der Waals surface area contributed by atoms with Crippen molar-refractivity contribution in [3.8, 4) is 11.5 Å². The van der Waals surface area contributed by atoms with Gasteiger partial charge >= 0.3 is 6.09 Å². The van der Waals surface area contributed by atoms with E-state index in [1.54, 1.807) is 7.11 Å². The molecule has 1 saturated heterocycles. The molecule has 1 fully saturated rings. The molecule has 1 amide bonds. The summed E-state index contributed by atoms with van der Waals surface area (Å²) in [6.07, 6.45) is -1.09. The molecular weight excluding hydrogens is 578 g/mol. The predicted octanol–water partition coefficient (Wildman–Crippen LogP) is 6.70. The molecule has 0 aliphatic carbocycles. The number of carboxylic acid groups (broad SMARTS) is 1. The monoisotopic (exact) mass is 631 g/mol. The van der Waals surface area contributed by atoms with E-state index in [0.29, 0.717) is 36.4 Å². The van der Waals surface area contributed by atoms with Gasteiger partial charge in [-0.25, -0.2) is 4.79 Å².